The van der Waals surface area contributed by atoms with Crippen LogP contribution in [0.4, 0.5) is 5.69 Å². The van der Waals surface area contributed by atoms with Gasteiger partial charge in [-0.2, -0.15) is 0 Å². The number of nitrogens with zero attached hydrogens (tertiary/aromatic N) is 2. The van der Waals surface area contributed by atoms with E-state index < -0.39 is 0 Å². The average Bonchev–Trinajstić information content (AvgIpc) is 2.67. The van der Waals surface area contributed by atoms with Gasteiger partial charge in [0.25, 0.3) is 0 Å². The van der Waals surface area contributed by atoms with E-state index in [-0.39, 0.29) is 5.78 Å². The number of aliphatic imine (C=N–C) groups is 1. The fraction of sp³-hybridized carbons (Fsp3) is 0.300. The van der Waals surface area contributed by atoms with Crippen molar-refractivity contribution in [2.24, 2.45) is 4.99 Å². The van der Waals surface area contributed by atoms with Gasteiger partial charge in [0.15, 0.2) is 11.0 Å². The lowest BCUT2D eigenvalue weighted by Gasteiger charge is -2.27. The molecule has 4 heteroatoms. The number of anilines is 1. The second-order valence-electron chi connectivity index (χ2n) is 5.76. The summed E-state index contributed by atoms with van der Waals surface area (Å²) in [5.41, 5.74) is 3.07. The smallest absolute Gasteiger partial charge is 0.182 e. The van der Waals surface area contributed by atoms with Gasteiger partial charge in [-0.15, -0.1) is 0 Å². The molecule has 0 saturated heterocycles. The van der Waals surface area contributed by atoms with Crippen molar-refractivity contribution >= 4 is 28.4 Å². The highest BCUT2D eigenvalue weighted by atomic mass is 32.2. The first-order valence-corrected chi connectivity index (χ1v) is 9.38. The van der Waals surface area contributed by atoms with Crippen molar-refractivity contribution in [3.05, 3.63) is 65.7 Å². The predicted octanol–water partition coefficient (Wildman–Crippen LogP) is 4.43. The van der Waals surface area contributed by atoms with E-state index in [1.807, 2.05) is 30.3 Å². The van der Waals surface area contributed by atoms with Gasteiger partial charge in [0.2, 0.25) is 0 Å². The maximum atomic E-state index is 12.7. The van der Waals surface area contributed by atoms with E-state index in [4.69, 9.17) is 0 Å². The molecular formula is C20H22N2OS. The number of hydrogen-bond donors (Lipinski definition) is 0. The molecule has 0 N–H and O–H groups in total. The number of benzene rings is 2. The first kappa shape index (κ1) is 16.8. The van der Waals surface area contributed by atoms with Crippen molar-refractivity contribution in [1.29, 1.82) is 0 Å². The SMILES string of the molecule is CCc1ccc(N(CC(=O)c2ccccc2)C2=NCCCS2)cc1. The number of rotatable bonds is 5. The third kappa shape index (κ3) is 4.06. The minimum absolute atomic E-state index is 0.115. The molecule has 2 aromatic rings. The normalized spacial score (nSPS) is 14.1. The van der Waals surface area contributed by atoms with E-state index in [0.29, 0.717) is 6.54 Å². The van der Waals surface area contributed by atoms with Crippen molar-refractivity contribution in [1.82, 2.24) is 0 Å². The summed E-state index contributed by atoms with van der Waals surface area (Å²) in [6.45, 7) is 3.31. The quantitative estimate of drug-likeness (QED) is 0.756. The summed E-state index contributed by atoms with van der Waals surface area (Å²) in [7, 11) is 0. The van der Waals surface area contributed by atoms with Crippen LogP contribution in [0.1, 0.15) is 29.3 Å². The van der Waals surface area contributed by atoms with Crippen LogP contribution in [-0.4, -0.2) is 29.8 Å². The van der Waals surface area contributed by atoms with Gasteiger partial charge in [-0.1, -0.05) is 61.2 Å². The Hall–Kier alpha value is -2.07. The Labute approximate surface area is 147 Å². The van der Waals surface area contributed by atoms with E-state index in [2.05, 4.69) is 41.1 Å². The Bertz CT molecular complexity index is 710. The van der Waals surface area contributed by atoms with E-state index in [9.17, 15) is 4.79 Å². The van der Waals surface area contributed by atoms with Gasteiger partial charge in [-0.25, -0.2) is 0 Å². The van der Waals surface area contributed by atoms with Gasteiger partial charge in [0, 0.05) is 23.5 Å². The maximum absolute atomic E-state index is 12.7. The second kappa shape index (κ2) is 8.15. The van der Waals surface area contributed by atoms with E-state index in [0.717, 1.165) is 41.6 Å². The molecule has 0 unspecified atom stereocenters. The van der Waals surface area contributed by atoms with Gasteiger partial charge in [0.05, 0.1) is 6.54 Å². The highest BCUT2D eigenvalue weighted by molar-refractivity contribution is 8.14. The van der Waals surface area contributed by atoms with Crippen LogP contribution in [0.3, 0.4) is 0 Å². The van der Waals surface area contributed by atoms with Crippen molar-refractivity contribution in [3.8, 4) is 0 Å². The van der Waals surface area contributed by atoms with E-state index in [1.54, 1.807) is 11.8 Å². The van der Waals surface area contributed by atoms with Crippen LogP contribution in [-0.2, 0) is 6.42 Å². The van der Waals surface area contributed by atoms with Crippen molar-refractivity contribution in [3.63, 3.8) is 0 Å². The van der Waals surface area contributed by atoms with E-state index >= 15 is 0 Å². The molecule has 2 aromatic carbocycles. The molecule has 0 radical (unpaired) electrons. The number of Topliss-reactive ketones (excluding diaryl/α,β-unsaturated/α-hetero) is 1. The average molecular weight is 338 g/mol. The number of aryl methyl sites for hydroxylation is 1. The molecule has 24 heavy (non-hydrogen) atoms. The van der Waals surface area contributed by atoms with Crippen molar-refractivity contribution < 1.29 is 4.79 Å². The molecule has 124 valence electrons. The van der Waals surface area contributed by atoms with Crippen LogP contribution in [0.5, 0.6) is 0 Å². The van der Waals surface area contributed by atoms with Crippen LogP contribution in [0.15, 0.2) is 59.6 Å². The Balaban J connectivity index is 1.86. The summed E-state index contributed by atoms with van der Waals surface area (Å²) in [5, 5.41) is 0.953. The van der Waals surface area contributed by atoms with Crippen LogP contribution >= 0.6 is 11.8 Å². The summed E-state index contributed by atoms with van der Waals surface area (Å²) in [6.07, 6.45) is 2.11. The topological polar surface area (TPSA) is 32.7 Å². The molecule has 0 aromatic heterocycles. The molecule has 1 heterocycles. The molecule has 1 aliphatic rings. The van der Waals surface area contributed by atoms with E-state index in [1.165, 1.54) is 5.56 Å². The maximum Gasteiger partial charge on any atom is 0.182 e. The van der Waals surface area contributed by atoms with Crippen molar-refractivity contribution in [2.75, 3.05) is 23.7 Å². The second-order valence-corrected chi connectivity index (χ2v) is 6.82. The van der Waals surface area contributed by atoms with Crippen LogP contribution < -0.4 is 4.90 Å². The number of thioether (sulfide) groups is 1. The van der Waals surface area contributed by atoms with Crippen LogP contribution in [0.2, 0.25) is 0 Å². The monoisotopic (exact) mass is 338 g/mol. The Kier molecular flexibility index (Phi) is 5.70. The number of carbonyl (C=O) groups is 1. The zero-order valence-corrected chi connectivity index (χ0v) is 14.8. The number of amidine groups is 1. The zero-order chi connectivity index (χ0) is 16.8. The lowest BCUT2D eigenvalue weighted by Crippen LogP contribution is -2.35. The Morgan fingerprint density at radius 2 is 1.88 bits per heavy atom. The first-order chi connectivity index (χ1) is 11.8. The van der Waals surface area contributed by atoms with Gasteiger partial charge >= 0.3 is 0 Å². The van der Waals surface area contributed by atoms with Gasteiger partial charge in [0.1, 0.15) is 0 Å². The van der Waals surface area contributed by atoms with Gasteiger partial charge in [-0.3, -0.25) is 9.79 Å². The molecular weight excluding hydrogens is 316 g/mol. The highest BCUT2D eigenvalue weighted by Crippen LogP contribution is 2.24. The Morgan fingerprint density at radius 3 is 2.50 bits per heavy atom. The summed E-state index contributed by atoms with van der Waals surface area (Å²) in [6, 6.07) is 17.9. The lowest BCUT2D eigenvalue weighted by molar-refractivity contribution is 0.100. The van der Waals surface area contributed by atoms with Crippen LogP contribution in [0.25, 0.3) is 0 Å². The fourth-order valence-electron chi connectivity index (χ4n) is 2.65. The summed E-state index contributed by atoms with van der Waals surface area (Å²) >= 11 is 1.74. The number of carbonyl (C=O) groups excluding carboxylic acids is 1. The minimum atomic E-state index is 0.115. The summed E-state index contributed by atoms with van der Waals surface area (Å²) in [4.78, 5) is 19.4. The van der Waals surface area contributed by atoms with Crippen molar-refractivity contribution in [2.45, 2.75) is 19.8 Å². The molecule has 3 nitrogen and oxygen atoms in total. The third-order valence-electron chi connectivity index (χ3n) is 4.07. The molecule has 0 amide bonds. The molecule has 0 atom stereocenters. The molecule has 0 fully saturated rings. The molecule has 0 bridgehead atoms. The third-order valence-corrected chi connectivity index (χ3v) is 5.17. The molecule has 0 spiro atoms. The number of ketones is 1. The highest BCUT2D eigenvalue weighted by Gasteiger charge is 2.20. The van der Waals surface area contributed by atoms with Crippen LogP contribution in [0, 0.1) is 0 Å². The fourth-order valence-corrected chi connectivity index (χ4v) is 3.62. The largest absolute Gasteiger partial charge is 0.313 e. The summed E-state index contributed by atoms with van der Waals surface area (Å²) in [5.74, 6) is 1.17. The lowest BCUT2D eigenvalue weighted by atomic mass is 10.1. The Morgan fingerprint density at radius 1 is 1.12 bits per heavy atom. The minimum Gasteiger partial charge on any atom is -0.313 e. The summed E-state index contributed by atoms with van der Waals surface area (Å²) < 4.78 is 0. The van der Waals surface area contributed by atoms with Gasteiger partial charge in [-0.05, 0) is 30.5 Å². The zero-order valence-electron chi connectivity index (χ0n) is 13.9. The van der Waals surface area contributed by atoms with Gasteiger partial charge < -0.3 is 4.90 Å². The predicted molar refractivity (Wildman–Crippen MR) is 103 cm³/mol. The molecule has 0 saturated carbocycles. The first-order valence-electron chi connectivity index (χ1n) is 8.40. The molecule has 1 aliphatic heterocycles. The molecule has 0 aliphatic carbocycles. The standard InChI is InChI=1S/C20H22N2OS/c1-2-16-9-11-18(12-10-16)22(20-21-13-6-14-24-20)15-19(23)17-7-4-3-5-8-17/h3-5,7-12H,2,6,13-15H2,1H3. The number of hydrogen-bond acceptors (Lipinski definition) is 4. The molecule has 3 rings (SSSR count).